The van der Waals surface area contributed by atoms with Crippen molar-refractivity contribution in [1.29, 1.82) is 0 Å². The molecular weight excluding hydrogens is 458 g/mol. The Morgan fingerprint density at radius 1 is 1.27 bits per heavy atom. The summed E-state index contributed by atoms with van der Waals surface area (Å²) in [6.45, 7) is -0.237. The number of halogens is 1. The maximum absolute atomic E-state index is 11.9. The van der Waals surface area contributed by atoms with E-state index in [-0.39, 0.29) is 12.3 Å². The molecule has 1 amide bonds. The van der Waals surface area contributed by atoms with Gasteiger partial charge in [-0.1, -0.05) is 12.1 Å². The Bertz CT molecular complexity index is 1100. The summed E-state index contributed by atoms with van der Waals surface area (Å²) in [6, 6.07) is 14.5. The molecule has 154 valence electrons. The summed E-state index contributed by atoms with van der Waals surface area (Å²) in [4.78, 5) is 22.3. The molecule has 0 saturated heterocycles. The summed E-state index contributed by atoms with van der Waals surface area (Å²) in [7, 11) is 1.55. The molecule has 2 aromatic carbocycles. The number of benzene rings is 2. The summed E-state index contributed by atoms with van der Waals surface area (Å²) < 4.78 is 16.8. The van der Waals surface area contributed by atoms with Crippen molar-refractivity contribution in [1.82, 2.24) is 5.43 Å². The molecule has 0 radical (unpaired) electrons. The number of nitro groups is 1. The van der Waals surface area contributed by atoms with Crippen LogP contribution >= 0.6 is 15.9 Å². The highest BCUT2D eigenvalue weighted by molar-refractivity contribution is 9.10. The van der Waals surface area contributed by atoms with Crippen molar-refractivity contribution in [3.05, 3.63) is 74.9 Å². The molecule has 0 bridgehead atoms. The lowest BCUT2D eigenvalue weighted by molar-refractivity contribution is -0.384. The molecule has 0 unspecified atom stereocenters. The van der Waals surface area contributed by atoms with Gasteiger partial charge < -0.3 is 13.9 Å². The molecule has 3 rings (SSSR count). The smallest absolute Gasteiger partial charge is 0.277 e. The molecule has 1 aromatic heterocycles. The molecule has 0 spiro atoms. The zero-order valence-electron chi connectivity index (χ0n) is 15.7. The summed E-state index contributed by atoms with van der Waals surface area (Å²) in [5, 5.41) is 14.7. The average Bonchev–Trinajstić information content (AvgIpc) is 3.22. The highest BCUT2D eigenvalue weighted by Gasteiger charge is 2.10. The minimum atomic E-state index is -0.475. The fourth-order valence-corrected chi connectivity index (χ4v) is 2.89. The van der Waals surface area contributed by atoms with Crippen LogP contribution in [0.1, 0.15) is 5.76 Å². The zero-order chi connectivity index (χ0) is 21.5. The summed E-state index contributed by atoms with van der Waals surface area (Å²) >= 11 is 3.34. The third-order valence-corrected chi connectivity index (χ3v) is 4.47. The van der Waals surface area contributed by atoms with Gasteiger partial charge in [0, 0.05) is 17.7 Å². The van der Waals surface area contributed by atoms with Crippen LogP contribution < -0.4 is 14.9 Å². The van der Waals surface area contributed by atoms with Crippen LogP contribution in [0.3, 0.4) is 0 Å². The first-order valence-electron chi connectivity index (χ1n) is 8.59. The molecule has 0 fully saturated rings. The fraction of sp³-hybridized carbons (Fsp3) is 0.100. The fourth-order valence-electron chi connectivity index (χ4n) is 2.42. The number of methoxy groups -OCH3 is 1. The number of nitrogens with one attached hydrogen (secondary N) is 1. The number of ether oxygens (including phenoxy) is 2. The van der Waals surface area contributed by atoms with E-state index in [0.29, 0.717) is 33.1 Å². The molecule has 0 atom stereocenters. The van der Waals surface area contributed by atoms with E-state index in [9.17, 15) is 14.9 Å². The van der Waals surface area contributed by atoms with Gasteiger partial charge in [-0.3, -0.25) is 14.9 Å². The molecule has 1 heterocycles. The van der Waals surface area contributed by atoms with Gasteiger partial charge in [-0.25, -0.2) is 5.43 Å². The van der Waals surface area contributed by atoms with Crippen LogP contribution in [0, 0.1) is 10.1 Å². The van der Waals surface area contributed by atoms with Gasteiger partial charge in [0.2, 0.25) is 0 Å². The normalized spacial score (nSPS) is 10.7. The molecule has 0 saturated carbocycles. The minimum Gasteiger partial charge on any atom is -0.497 e. The molecule has 3 aromatic rings. The largest absolute Gasteiger partial charge is 0.497 e. The van der Waals surface area contributed by atoms with E-state index in [1.54, 1.807) is 49.6 Å². The Hall–Kier alpha value is -3.66. The quantitative estimate of drug-likeness (QED) is 0.298. The summed E-state index contributed by atoms with van der Waals surface area (Å²) in [5.41, 5.74) is 2.86. The second-order valence-electron chi connectivity index (χ2n) is 5.89. The first kappa shape index (κ1) is 21.1. The number of hydrazone groups is 1. The highest BCUT2D eigenvalue weighted by Crippen LogP contribution is 2.29. The van der Waals surface area contributed by atoms with Crippen molar-refractivity contribution in [2.75, 3.05) is 13.7 Å². The molecule has 30 heavy (non-hydrogen) atoms. The Morgan fingerprint density at radius 3 is 2.83 bits per heavy atom. The maximum Gasteiger partial charge on any atom is 0.277 e. The summed E-state index contributed by atoms with van der Waals surface area (Å²) in [6.07, 6.45) is 1.32. The first-order chi connectivity index (χ1) is 14.5. The van der Waals surface area contributed by atoms with Crippen LogP contribution in [-0.4, -0.2) is 30.8 Å². The number of carbonyl (C=O) groups excluding carboxylic acids is 1. The Morgan fingerprint density at radius 2 is 2.10 bits per heavy atom. The van der Waals surface area contributed by atoms with E-state index in [1.807, 2.05) is 0 Å². The Kier molecular flexibility index (Phi) is 6.81. The van der Waals surface area contributed by atoms with Gasteiger partial charge in [0.25, 0.3) is 11.6 Å². The van der Waals surface area contributed by atoms with Crippen LogP contribution in [0.5, 0.6) is 11.5 Å². The molecule has 0 aliphatic rings. The molecule has 0 aliphatic carbocycles. The number of hydrogen-bond acceptors (Lipinski definition) is 7. The topological polar surface area (TPSA) is 116 Å². The van der Waals surface area contributed by atoms with Crippen LogP contribution in [0.2, 0.25) is 0 Å². The van der Waals surface area contributed by atoms with Crippen molar-refractivity contribution in [2.24, 2.45) is 5.10 Å². The van der Waals surface area contributed by atoms with Crippen molar-refractivity contribution < 1.29 is 23.6 Å². The van der Waals surface area contributed by atoms with Crippen LogP contribution in [-0.2, 0) is 4.79 Å². The molecular formula is C20H16BrN3O6. The second kappa shape index (κ2) is 9.70. The van der Waals surface area contributed by atoms with Gasteiger partial charge in [0.05, 0.1) is 22.7 Å². The molecule has 10 heteroatoms. The van der Waals surface area contributed by atoms with Gasteiger partial charge in [-0.2, -0.15) is 5.10 Å². The molecule has 0 aliphatic heterocycles. The van der Waals surface area contributed by atoms with E-state index in [0.717, 1.165) is 0 Å². The Labute approximate surface area is 179 Å². The number of carbonyl (C=O) groups is 1. The van der Waals surface area contributed by atoms with Crippen LogP contribution in [0.25, 0.3) is 11.3 Å². The number of nitrogens with zero attached hydrogens (tertiary/aromatic N) is 2. The van der Waals surface area contributed by atoms with Crippen molar-refractivity contribution in [3.8, 4) is 22.8 Å². The van der Waals surface area contributed by atoms with E-state index >= 15 is 0 Å². The van der Waals surface area contributed by atoms with Crippen LogP contribution in [0.15, 0.2) is 68.6 Å². The lowest BCUT2D eigenvalue weighted by Crippen LogP contribution is -2.24. The predicted molar refractivity (Wildman–Crippen MR) is 113 cm³/mol. The molecule has 9 nitrogen and oxygen atoms in total. The minimum absolute atomic E-state index is 0.0325. The van der Waals surface area contributed by atoms with Crippen LogP contribution in [0.4, 0.5) is 5.69 Å². The van der Waals surface area contributed by atoms with E-state index in [4.69, 9.17) is 13.9 Å². The summed E-state index contributed by atoms with van der Waals surface area (Å²) in [5.74, 6) is 1.50. The number of non-ortho nitro benzene ring substituents is 1. The molecule has 1 N–H and O–H groups in total. The predicted octanol–water partition coefficient (Wildman–Crippen LogP) is 4.16. The third-order valence-electron chi connectivity index (χ3n) is 3.85. The van der Waals surface area contributed by atoms with Gasteiger partial charge in [-0.05, 0) is 46.3 Å². The SMILES string of the molecule is COc1ccc(OCC(=O)NN=Cc2ccc(-c3cccc([N+](=O)[O-])c3)o2)c(Br)c1. The van der Waals surface area contributed by atoms with E-state index in [1.165, 1.54) is 18.3 Å². The number of nitro benzene ring substituents is 1. The number of hydrogen-bond donors (Lipinski definition) is 1. The third kappa shape index (κ3) is 5.45. The van der Waals surface area contributed by atoms with E-state index < -0.39 is 10.8 Å². The lowest BCUT2D eigenvalue weighted by Gasteiger charge is -2.08. The van der Waals surface area contributed by atoms with Crippen molar-refractivity contribution in [2.45, 2.75) is 0 Å². The van der Waals surface area contributed by atoms with Gasteiger partial charge in [-0.15, -0.1) is 0 Å². The standard InChI is InChI=1S/C20H16BrN3O6/c1-28-15-5-8-19(17(21)10-15)29-12-20(25)23-22-11-16-6-7-18(30-16)13-3-2-4-14(9-13)24(26)27/h2-11H,12H2,1H3,(H,23,25). The monoisotopic (exact) mass is 473 g/mol. The van der Waals surface area contributed by atoms with E-state index in [2.05, 4.69) is 26.5 Å². The maximum atomic E-state index is 11.9. The number of furan rings is 1. The van der Waals surface area contributed by atoms with Crippen molar-refractivity contribution in [3.63, 3.8) is 0 Å². The van der Waals surface area contributed by atoms with Gasteiger partial charge in [0.1, 0.15) is 23.0 Å². The van der Waals surface area contributed by atoms with Gasteiger partial charge in [0.15, 0.2) is 6.61 Å². The second-order valence-corrected chi connectivity index (χ2v) is 6.74. The first-order valence-corrected chi connectivity index (χ1v) is 9.38. The zero-order valence-corrected chi connectivity index (χ0v) is 17.3. The average molecular weight is 474 g/mol. The van der Waals surface area contributed by atoms with Crippen molar-refractivity contribution >= 4 is 33.7 Å². The Balaban J connectivity index is 1.54. The number of rotatable bonds is 8. The lowest BCUT2D eigenvalue weighted by atomic mass is 10.1. The highest BCUT2D eigenvalue weighted by atomic mass is 79.9. The van der Waals surface area contributed by atoms with Gasteiger partial charge >= 0.3 is 0 Å². The number of amides is 1.